The Labute approximate surface area is 228 Å². The number of aliphatic hydroxyl groups excluding tert-OH is 4. The monoisotopic (exact) mass is 560 g/mol. The molecule has 210 valence electrons. The summed E-state index contributed by atoms with van der Waals surface area (Å²) in [6, 6.07) is 6.60. The lowest BCUT2D eigenvalue weighted by Crippen LogP contribution is -2.65. The number of thioether (sulfide) groups is 1. The van der Waals surface area contributed by atoms with Crippen LogP contribution >= 0.6 is 23.4 Å². The fourth-order valence-electron chi connectivity index (χ4n) is 5.58. The average Bonchev–Trinajstić information content (AvgIpc) is 3.16. The number of alkyl halides is 1. The fraction of sp³-hybridized carbons (Fsp3) is 0.731. The van der Waals surface area contributed by atoms with Gasteiger partial charge in [-0.05, 0) is 43.1 Å². The SMILES string of the molecule is C.CSC1O[C@H]([C@H](NC(=O)[C@H]2NC[C@@H]3C[C@@H](c4ccc(CO)cc4)CCO[C@H]32)[C@H](C)Cl)C(O)[C@@H](O)[C@H]1O. The highest BCUT2D eigenvalue weighted by Crippen LogP contribution is 2.36. The topological polar surface area (TPSA) is 141 Å². The minimum Gasteiger partial charge on any atom is -0.392 e. The van der Waals surface area contributed by atoms with E-state index in [9.17, 15) is 25.2 Å². The Kier molecular flexibility index (Phi) is 11.1. The lowest BCUT2D eigenvalue weighted by atomic mass is 9.85. The van der Waals surface area contributed by atoms with E-state index in [0.717, 1.165) is 18.4 Å². The van der Waals surface area contributed by atoms with Gasteiger partial charge >= 0.3 is 0 Å². The van der Waals surface area contributed by atoms with E-state index in [0.29, 0.717) is 19.1 Å². The molecule has 3 fully saturated rings. The van der Waals surface area contributed by atoms with E-state index in [1.807, 2.05) is 12.1 Å². The number of halogens is 1. The summed E-state index contributed by atoms with van der Waals surface area (Å²) in [6.07, 6.45) is -1.92. The second kappa shape index (κ2) is 13.4. The van der Waals surface area contributed by atoms with Gasteiger partial charge in [-0.3, -0.25) is 4.79 Å². The molecule has 1 aromatic rings. The average molecular weight is 561 g/mol. The molecule has 3 saturated heterocycles. The number of rotatable bonds is 7. The molecule has 4 rings (SSSR count). The Morgan fingerprint density at radius 3 is 2.54 bits per heavy atom. The molecular formula is C26H41ClN2O7S. The first kappa shape index (κ1) is 30.6. The number of nitrogens with one attached hydrogen (secondary N) is 2. The van der Waals surface area contributed by atoms with Crippen molar-refractivity contribution in [1.82, 2.24) is 10.6 Å². The van der Waals surface area contributed by atoms with Gasteiger partial charge in [-0.2, -0.15) is 0 Å². The van der Waals surface area contributed by atoms with Crippen LogP contribution in [0, 0.1) is 5.92 Å². The van der Waals surface area contributed by atoms with Crippen LogP contribution in [0.25, 0.3) is 0 Å². The van der Waals surface area contributed by atoms with E-state index in [-0.39, 0.29) is 32.0 Å². The number of amides is 1. The summed E-state index contributed by atoms with van der Waals surface area (Å²) in [4.78, 5) is 13.4. The molecule has 2 unspecified atom stereocenters. The van der Waals surface area contributed by atoms with E-state index in [2.05, 4.69) is 22.8 Å². The molecule has 0 bridgehead atoms. The molecule has 0 spiro atoms. The minimum atomic E-state index is -1.42. The highest BCUT2D eigenvalue weighted by Gasteiger charge is 2.49. The first-order valence-corrected chi connectivity index (χ1v) is 14.2. The largest absolute Gasteiger partial charge is 0.392 e. The number of fused-ring (bicyclic) bond motifs is 1. The first-order chi connectivity index (χ1) is 17.2. The lowest BCUT2D eigenvalue weighted by molar-refractivity contribution is -0.205. The van der Waals surface area contributed by atoms with Crippen molar-refractivity contribution in [2.24, 2.45) is 5.92 Å². The lowest BCUT2D eigenvalue weighted by Gasteiger charge is -2.44. The molecule has 0 aromatic heterocycles. The Hall–Kier alpha value is -0.950. The van der Waals surface area contributed by atoms with Crippen LogP contribution in [-0.4, -0.2) is 99.2 Å². The maximum Gasteiger partial charge on any atom is 0.240 e. The van der Waals surface area contributed by atoms with Gasteiger partial charge in [0.05, 0.1) is 24.1 Å². The van der Waals surface area contributed by atoms with E-state index >= 15 is 0 Å². The third-order valence-electron chi connectivity index (χ3n) is 7.67. The smallest absolute Gasteiger partial charge is 0.240 e. The number of benzene rings is 1. The van der Waals surface area contributed by atoms with Crippen molar-refractivity contribution in [3.63, 3.8) is 0 Å². The predicted molar refractivity (Wildman–Crippen MR) is 144 cm³/mol. The molecule has 3 aliphatic heterocycles. The number of hydrogen-bond acceptors (Lipinski definition) is 9. The molecule has 1 amide bonds. The van der Waals surface area contributed by atoms with Gasteiger partial charge in [0, 0.05) is 19.1 Å². The normalized spacial score (nSPS) is 37.5. The Morgan fingerprint density at radius 1 is 1.22 bits per heavy atom. The number of carbonyl (C=O) groups is 1. The van der Waals surface area contributed by atoms with Crippen LogP contribution in [0.4, 0.5) is 0 Å². The molecule has 11 atom stereocenters. The zero-order valence-electron chi connectivity index (χ0n) is 20.5. The van der Waals surface area contributed by atoms with Crippen LogP contribution < -0.4 is 10.6 Å². The van der Waals surface area contributed by atoms with E-state index in [4.69, 9.17) is 21.1 Å². The standard InChI is InChI=1S/C25H37ClN2O7S.CH4/c1-12(26)17(23-20(31)19(30)21(32)25(35-23)36-2)28-24(33)18-22-16(10-27-18)9-15(7-8-34-22)14-5-3-13(11-29)4-6-14;/h3-6,12,15-23,25,27,29-32H,7-11H2,1-2H3,(H,28,33);1H4/t12-,15-,16-,17+,18-,19+,20?,21+,22+,23+,25?;/m0./s1. The van der Waals surface area contributed by atoms with Gasteiger partial charge in [-0.25, -0.2) is 0 Å². The van der Waals surface area contributed by atoms with E-state index in [1.165, 1.54) is 17.3 Å². The van der Waals surface area contributed by atoms with E-state index < -0.39 is 47.3 Å². The second-order valence-electron chi connectivity index (χ2n) is 9.99. The summed E-state index contributed by atoms with van der Waals surface area (Å²) in [5.74, 6) is 0.143. The first-order valence-electron chi connectivity index (χ1n) is 12.5. The third-order valence-corrected chi connectivity index (χ3v) is 8.80. The maximum atomic E-state index is 13.4. The molecular weight excluding hydrogens is 520 g/mol. The van der Waals surface area contributed by atoms with Crippen LogP contribution in [0.2, 0.25) is 0 Å². The van der Waals surface area contributed by atoms with Gasteiger partial charge in [-0.15, -0.1) is 23.4 Å². The molecule has 0 radical (unpaired) electrons. The maximum absolute atomic E-state index is 13.4. The minimum absolute atomic E-state index is 0. The van der Waals surface area contributed by atoms with Gasteiger partial charge in [0.25, 0.3) is 0 Å². The molecule has 0 aliphatic carbocycles. The Balaban J connectivity index is 0.00000380. The van der Waals surface area contributed by atoms with Crippen LogP contribution in [0.5, 0.6) is 0 Å². The third kappa shape index (κ3) is 6.62. The zero-order chi connectivity index (χ0) is 26.0. The van der Waals surface area contributed by atoms with Gasteiger partial charge in [-0.1, -0.05) is 31.7 Å². The summed E-state index contributed by atoms with van der Waals surface area (Å²) in [5.41, 5.74) is 1.32. The van der Waals surface area contributed by atoms with Crippen molar-refractivity contribution in [2.75, 3.05) is 19.4 Å². The van der Waals surface area contributed by atoms with Gasteiger partial charge in [0.1, 0.15) is 35.9 Å². The highest BCUT2D eigenvalue weighted by atomic mass is 35.5. The Bertz CT molecular complexity index is 877. The van der Waals surface area contributed by atoms with Crippen LogP contribution in [0.15, 0.2) is 24.3 Å². The van der Waals surface area contributed by atoms with Crippen molar-refractivity contribution < 1.29 is 34.7 Å². The van der Waals surface area contributed by atoms with Gasteiger partial charge in [0.2, 0.25) is 5.91 Å². The van der Waals surface area contributed by atoms with Gasteiger partial charge < -0.3 is 40.5 Å². The predicted octanol–water partition coefficient (Wildman–Crippen LogP) is 0.948. The number of hydrogen-bond donors (Lipinski definition) is 6. The molecule has 0 saturated carbocycles. The fourth-order valence-corrected chi connectivity index (χ4v) is 6.47. The molecule has 3 aliphatic rings. The highest BCUT2D eigenvalue weighted by molar-refractivity contribution is 7.99. The molecule has 6 N–H and O–H groups in total. The zero-order valence-corrected chi connectivity index (χ0v) is 22.1. The van der Waals surface area contributed by atoms with Crippen molar-refractivity contribution in [3.8, 4) is 0 Å². The van der Waals surface area contributed by atoms with Crippen LogP contribution in [0.1, 0.15) is 44.2 Å². The van der Waals surface area contributed by atoms with Crippen molar-refractivity contribution in [2.45, 2.75) is 93.1 Å². The Morgan fingerprint density at radius 2 is 1.92 bits per heavy atom. The quantitative estimate of drug-likeness (QED) is 0.269. The summed E-state index contributed by atoms with van der Waals surface area (Å²) >= 11 is 7.63. The summed E-state index contributed by atoms with van der Waals surface area (Å²) in [6.45, 7) is 2.87. The molecule has 11 heteroatoms. The number of aliphatic hydroxyl groups is 4. The molecule has 9 nitrogen and oxygen atoms in total. The molecule has 1 aromatic carbocycles. The summed E-state index contributed by atoms with van der Waals surface area (Å²) < 4.78 is 12.0. The summed E-state index contributed by atoms with van der Waals surface area (Å²) in [5, 5.41) is 46.0. The molecule has 3 heterocycles. The van der Waals surface area contributed by atoms with Crippen molar-refractivity contribution >= 4 is 29.3 Å². The number of ether oxygens (including phenoxy) is 2. The van der Waals surface area contributed by atoms with Crippen LogP contribution in [0.3, 0.4) is 0 Å². The molecule has 37 heavy (non-hydrogen) atoms. The van der Waals surface area contributed by atoms with Crippen molar-refractivity contribution in [3.05, 3.63) is 35.4 Å². The number of carbonyl (C=O) groups excluding carboxylic acids is 1. The van der Waals surface area contributed by atoms with Crippen molar-refractivity contribution in [1.29, 1.82) is 0 Å². The van der Waals surface area contributed by atoms with E-state index in [1.54, 1.807) is 13.2 Å². The summed E-state index contributed by atoms with van der Waals surface area (Å²) in [7, 11) is 0. The van der Waals surface area contributed by atoms with Crippen LogP contribution in [-0.2, 0) is 20.9 Å². The van der Waals surface area contributed by atoms with Gasteiger partial charge in [0.15, 0.2) is 0 Å². The second-order valence-corrected chi connectivity index (χ2v) is 11.6.